The van der Waals surface area contributed by atoms with Gasteiger partial charge >= 0.3 is 0 Å². The van der Waals surface area contributed by atoms with Crippen LogP contribution in [0.2, 0.25) is 0 Å². The number of aromatic nitrogens is 6. The highest BCUT2D eigenvalue weighted by Crippen LogP contribution is 2.30. The molecule has 22 heteroatoms. The first-order valence-electron chi connectivity index (χ1n) is 18.0. The Labute approximate surface area is 345 Å². The van der Waals surface area contributed by atoms with Crippen LogP contribution in [0.15, 0.2) is 107 Å². The predicted octanol–water partition coefficient (Wildman–Crippen LogP) is 4.55. The first-order chi connectivity index (χ1) is 28.7. The summed E-state index contributed by atoms with van der Waals surface area (Å²) >= 11 is 0. The second kappa shape index (κ2) is 18.8. The molecule has 0 spiro atoms. The Morgan fingerprint density at radius 2 is 0.900 bits per heavy atom. The summed E-state index contributed by atoms with van der Waals surface area (Å²) in [5.74, 6) is 0.704. The van der Waals surface area contributed by atoms with Crippen molar-refractivity contribution >= 4 is 90.8 Å². The molecule has 60 heavy (non-hydrogen) atoms. The highest BCUT2D eigenvalue weighted by Gasteiger charge is 2.20. The minimum atomic E-state index is -4.86. The molecule has 0 atom stereocenters. The molecule has 0 saturated carbocycles. The number of benzene rings is 4. The van der Waals surface area contributed by atoms with E-state index in [1.807, 2.05) is 60.7 Å². The van der Waals surface area contributed by atoms with Crippen LogP contribution in [0.5, 0.6) is 0 Å². The molecule has 0 aliphatic heterocycles. The molecular weight excluding hydrogens is 817 g/mol. The fourth-order valence-corrected chi connectivity index (χ4v) is 6.97. The third-order valence-corrected chi connectivity index (χ3v) is 10.3. The van der Waals surface area contributed by atoms with Crippen molar-refractivity contribution in [2.75, 3.05) is 71.5 Å². The molecule has 6 aromatic rings. The molecule has 0 unspecified atom stereocenters. The third kappa shape index (κ3) is 11.0. The number of para-hydroxylation sites is 2. The number of rotatable bonds is 18. The predicted molar refractivity (Wildman–Crippen MR) is 228 cm³/mol. The van der Waals surface area contributed by atoms with Gasteiger partial charge in [-0.15, -0.1) is 0 Å². The smallest absolute Gasteiger partial charge is 0.295 e. The number of aliphatic hydroxyl groups excluding tert-OH is 2. The largest absolute Gasteiger partial charge is 0.395 e. The Morgan fingerprint density at radius 1 is 0.533 bits per heavy atom. The van der Waals surface area contributed by atoms with Gasteiger partial charge in [0.1, 0.15) is 9.79 Å². The van der Waals surface area contributed by atoms with Crippen LogP contribution < -0.4 is 31.1 Å². The quantitative estimate of drug-likeness (QED) is 0.0435. The highest BCUT2D eigenvalue weighted by molar-refractivity contribution is 7.86. The summed E-state index contributed by atoms with van der Waals surface area (Å²) in [6.45, 7) is -0.111. The summed E-state index contributed by atoms with van der Waals surface area (Å²) in [6.07, 6.45) is 2.51. The van der Waals surface area contributed by atoms with Gasteiger partial charge in [-0.2, -0.15) is 46.7 Å². The van der Waals surface area contributed by atoms with Crippen molar-refractivity contribution in [3.05, 3.63) is 108 Å². The van der Waals surface area contributed by atoms with Crippen molar-refractivity contribution in [3.8, 4) is 0 Å². The van der Waals surface area contributed by atoms with E-state index in [1.165, 1.54) is 36.4 Å². The van der Waals surface area contributed by atoms with Crippen LogP contribution in [0.3, 0.4) is 0 Å². The molecule has 0 bridgehead atoms. The van der Waals surface area contributed by atoms with Crippen LogP contribution in [-0.2, 0) is 20.2 Å². The molecule has 312 valence electrons. The molecule has 2 aromatic heterocycles. The third-order valence-electron chi connectivity index (χ3n) is 8.46. The lowest BCUT2D eigenvalue weighted by Gasteiger charge is -2.19. The molecule has 0 fully saturated rings. The van der Waals surface area contributed by atoms with Crippen molar-refractivity contribution in [1.29, 1.82) is 0 Å². The first kappa shape index (κ1) is 42.8. The summed E-state index contributed by atoms with van der Waals surface area (Å²) in [4.78, 5) is 28.7. The van der Waals surface area contributed by atoms with E-state index in [0.717, 1.165) is 23.5 Å². The molecule has 0 radical (unpaired) electrons. The Balaban J connectivity index is 1.29. The average molecular weight is 857 g/mol. The number of nitrogens with one attached hydrogen (secondary N) is 4. The van der Waals surface area contributed by atoms with Crippen LogP contribution in [-0.4, -0.2) is 106 Å². The molecule has 8 N–H and O–H groups in total. The number of anilines is 10. The van der Waals surface area contributed by atoms with Gasteiger partial charge in [0, 0.05) is 49.9 Å². The molecule has 0 aliphatic rings. The minimum Gasteiger partial charge on any atom is -0.395 e. The Hall–Kier alpha value is -6.82. The summed E-state index contributed by atoms with van der Waals surface area (Å²) < 4.78 is 71.1. The zero-order chi connectivity index (χ0) is 42.9. The molecular formula is C38H40N12O8S2. The van der Waals surface area contributed by atoms with Gasteiger partial charge in [0.05, 0.1) is 13.2 Å². The summed E-state index contributed by atoms with van der Waals surface area (Å²) in [5.41, 5.74) is 1.79. The molecule has 0 saturated heterocycles. The van der Waals surface area contributed by atoms with Crippen LogP contribution in [0, 0.1) is 0 Å². The van der Waals surface area contributed by atoms with Gasteiger partial charge in [0.15, 0.2) is 0 Å². The summed E-state index contributed by atoms with van der Waals surface area (Å²) in [7, 11) is -6.24. The molecule has 2 heterocycles. The molecule has 0 amide bonds. The Morgan fingerprint density at radius 3 is 1.25 bits per heavy atom. The zero-order valence-corrected chi connectivity index (χ0v) is 33.7. The van der Waals surface area contributed by atoms with E-state index >= 15 is 0 Å². The average Bonchev–Trinajstić information content (AvgIpc) is 3.24. The van der Waals surface area contributed by atoms with E-state index in [9.17, 15) is 36.2 Å². The minimum absolute atomic E-state index is 0.00791. The monoisotopic (exact) mass is 856 g/mol. The lowest BCUT2D eigenvalue weighted by atomic mass is 10.1. The van der Waals surface area contributed by atoms with E-state index in [2.05, 4.69) is 51.2 Å². The molecule has 4 aromatic carbocycles. The standard InChI is InChI=1S/C38H40N12O8S2/c1-49(29-9-5-3-6-10-29)37-45-33(39-19-21-51)43-35(47-37)41-27-17-15-25(31(23-27)59(53,54)55)13-14-26-16-18-28(24-32(26)60(56,57)58)42-36-44-34(40-20-22-52)46-38(48-36)50(2)30-11-7-4-8-12-30/h3-18,23-24,51-52H,19-22H2,1-2H3,(H,53,54,55)(H,56,57,58)(H2,39,41,43,45,47)(H2,40,42,44,46,48). The maximum absolute atomic E-state index is 12.6. The van der Waals surface area contributed by atoms with Crippen LogP contribution in [0.25, 0.3) is 12.2 Å². The summed E-state index contributed by atoms with van der Waals surface area (Å²) in [6, 6.07) is 26.4. The van der Waals surface area contributed by atoms with Crippen LogP contribution >= 0.6 is 0 Å². The summed E-state index contributed by atoms with van der Waals surface area (Å²) in [5, 5.41) is 30.3. The van der Waals surface area contributed by atoms with E-state index in [-0.39, 0.29) is 84.5 Å². The molecule has 0 aliphatic carbocycles. The zero-order valence-electron chi connectivity index (χ0n) is 32.0. The van der Waals surface area contributed by atoms with Crippen molar-refractivity contribution < 1.29 is 36.2 Å². The van der Waals surface area contributed by atoms with Crippen LogP contribution in [0.1, 0.15) is 11.1 Å². The first-order valence-corrected chi connectivity index (χ1v) is 20.8. The fourth-order valence-electron chi connectivity index (χ4n) is 5.55. The van der Waals surface area contributed by atoms with Crippen molar-refractivity contribution in [2.24, 2.45) is 0 Å². The van der Waals surface area contributed by atoms with E-state index in [4.69, 9.17) is 0 Å². The second-order valence-corrected chi connectivity index (χ2v) is 15.5. The van der Waals surface area contributed by atoms with Crippen molar-refractivity contribution in [3.63, 3.8) is 0 Å². The molecule has 6 rings (SSSR count). The number of hydrogen-bond acceptors (Lipinski definition) is 18. The van der Waals surface area contributed by atoms with Gasteiger partial charge in [0.25, 0.3) is 20.2 Å². The Bertz CT molecular complexity index is 2510. The topological polar surface area (TPSA) is 281 Å². The lowest BCUT2D eigenvalue weighted by molar-refractivity contribution is 0.310. The van der Waals surface area contributed by atoms with Gasteiger partial charge in [0.2, 0.25) is 35.7 Å². The van der Waals surface area contributed by atoms with Gasteiger partial charge in [-0.3, -0.25) is 9.11 Å². The van der Waals surface area contributed by atoms with Crippen molar-refractivity contribution in [1.82, 2.24) is 29.9 Å². The lowest BCUT2D eigenvalue weighted by Crippen LogP contribution is -2.17. The number of hydrogen-bond donors (Lipinski definition) is 8. The maximum Gasteiger partial charge on any atom is 0.295 e. The van der Waals surface area contributed by atoms with Crippen molar-refractivity contribution in [2.45, 2.75) is 9.79 Å². The van der Waals surface area contributed by atoms with E-state index in [1.54, 1.807) is 23.9 Å². The fraction of sp³-hybridized carbons (Fsp3) is 0.158. The normalized spacial score (nSPS) is 11.6. The van der Waals surface area contributed by atoms with E-state index in [0.29, 0.717) is 0 Å². The van der Waals surface area contributed by atoms with E-state index < -0.39 is 30.0 Å². The number of nitrogens with zero attached hydrogens (tertiary/aromatic N) is 8. The maximum atomic E-state index is 12.6. The number of aliphatic hydroxyl groups is 2. The molecule has 20 nitrogen and oxygen atoms in total. The second-order valence-electron chi connectivity index (χ2n) is 12.7. The van der Waals surface area contributed by atoms with Gasteiger partial charge < -0.3 is 41.3 Å². The van der Waals surface area contributed by atoms with Gasteiger partial charge in [-0.25, -0.2) is 0 Å². The highest BCUT2D eigenvalue weighted by atomic mass is 32.2. The van der Waals surface area contributed by atoms with Crippen LogP contribution in [0.4, 0.5) is 58.4 Å². The SMILES string of the molecule is CN(c1ccccc1)c1nc(NCCO)nc(Nc2ccc(C=Cc3ccc(Nc4nc(NCCO)nc(N(C)c5ccccc5)n4)cc3S(=O)(=O)O)c(S(=O)(=O)O)c2)n1. The Kier molecular flexibility index (Phi) is 13.4. The van der Waals surface area contributed by atoms with Gasteiger partial charge in [-0.1, -0.05) is 60.7 Å². The van der Waals surface area contributed by atoms with Gasteiger partial charge in [-0.05, 0) is 59.7 Å².